The highest BCUT2D eigenvalue weighted by Crippen LogP contribution is 2.17. The van der Waals surface area contributed by atoms with E-state index in [1.54, 1.807) is 23.6 Å². The maximum atomic E-state index is 13.5. The lowest BCUT2D eigenvalue weighted by Crippen LogP contribution is -2.13. The van der Waals surface area contributed by atoms with Crippen molar-refractivity contribution in [3.63, 3.8) is 0 Å². The SMILES string of the molecule is Cc1c(CC(C)C(=O)O)nc2c(F)cccn12. The van der Waals surface area contributed by atoms with Crippen LogP contribution >= 0.6 is 0 Å². The summed E-state index contributed by atoms with van der Waals surface area (Å²) in [4.78, 5) is 14.9. The topological polar surface area (TPSA) is 54.6 Å². The van der Waals surface area contributed by atoms with Gasteiger partial charge in [0, 0.05) is 18.3 Å². The first-order valence-corrected chi connectivity index (χ1v) is 5.35. The molecule has 2 rings (SSSR count). The predicted octanol–water partition coefficient (Wildman–Crippen LogP) is 2.05. The number of rotatable bonds is 3. The molecule has 0 aliphatic heterocycles. The number of imidazole rings is 1. The van der Waals surface area contributed by atoms with Crippen LogP contribution < -0.4 is 0 Å². The maximum Gasteiger partial charge on any atom is 0.306 e. The van der Waals surface area contributed by atoms with E-state index in [4.69, 9.17) is 5.11 Å². The second kappa shape index (κ2) is 4.16. The number of carboxylic acids is 1. The van der Waals surface area contributed by atoms with Gasteiger partial charge in [-0.2, -0.15) is 0 Å². The van der Waals surface area contributed by atoms with E-state index in [1.807, 2.05) is 6.92 Å². The Morgan fingerprint density at radius 1 is 1.65 bits per heavy atom. The van der Waals surface area contributed by atoms with Crippen molar-refractivity contribution in [3.8, 4) is 0 Å². The Hall–Kier alpha value is -1.91. The molecular weight excluding hydrogens is 223 g/mol. The van der Waals surface area contributed by atoms with Gasteiger partial charge in [-0.1, -0.05) is 6.92 Å². The molecule has 2 aromatic heterocycles. The number of aliphatic carboxylic acids is 1. The number of halogens is 1. The zero-order valence-corrected chi connectivity index (χ0v) is 9.64. The third kappa shape index (κ3) is 2.00. The lowest BCUT2D eigenvalue weighted by atomic mass is 10.1. The number of nitrogens with zero attached hydrogens (tertiary/aromatic N) is 2. The number of pyridine rings is 1. The number of hydrogen-bond acceptors (Lipinski definition) is 2. The van der Waals surface area contributed by atoms with E-state index in [1.165, 1.54) is 6.07 Å². The molecule has 1 atom stereocenters. The summed E-state index contributed by atoms with van der Waals surface area (Å²) in [6.07, 6.45) is 2.03. The maximum absolute atomic E-state index is 13.5. The molecule has 0 fully saturated rings. The van der Waals surface area contributed by atoms with E-state index in [9.17, 15) is 9.18 Å². The Labute approximate surface area is 97.7 Å². The third-order valence-electron chi connectivity index (χ3n) is 2.86. The average molecular weight is 236 g/mol. The van der Waals surface area contributed by atoms with Gasteiger partial charge in [-0.05, 0) is 19.1 Å². The second-order valence-electron chi connectivity index (χ2n) is 4.14. The average Bonchev–Trinajstić information content (AvgIpc) is 2.58. The monoisotopic (exact) mass is 236 g/mol. The normalized spacial score (nSPS) is 12.9. The molecule has 5 heteroatoms. The van der Waals surface area contributed by atoms with Crippen LogP contribution in [-0.2, 0) is 11.2 Å². The van der Waals surface area contributed by atoms with E-state index in [0.29, 0.717) is 12.1 Å². The zero-order valence-electron chi connectivity index (χ0n) is 9.64. The summed E-state index contributed by atoms with van der Waals surface area (Å²) in [6, 6.07) is 2.94. The van der Waals surface area contributed by atoms with Crippen LogP contribution in [-0.4, -0.2) is 20.5 Å². The summed E-state index contributed by atoms with van der Waals surface area (Å²) in [5.41, 5.74) is 1.66. The van der Waals surface area contributed by atoms with Gasteiger partial charge < -0.3 is 9.51 Å². The first-order valence-electron chi connectivity index (χ1n) is 5.35. The van der Waals surface area contributed by atoms with Crippen LogP contribution in [0.25, 0.3) is 5.65 Å². The minimum atomic E-state index is -0.873. The molecule has 0 amide bonds. The summed E-state index contributed by atoms with van der Waals surface area (Å²) in [5.74, 6) is -1.80. The van der Waals surface area contributed by atoms with E-state index >= 15 is 0 Å². The molecule has 0 spiro atoms. The third-order valence-corrected chi connectivity index (χ3v) is 2.86. The molecule has 0 aliphatic carbocycles. The molecule has 0 saturated carbocycles. The number of carboxylic acid groups (broad SMARTS) is 1. The number of carbonyl (C=O) groups is 1. The minimum Gasteiger partial charge on any atom is -0.481 e. The summed E-state index contributed by atoms with van der Waals surface area (Å²) in [7, 11) is 0. The molecule has 2 heterocycles. The van der Waals surface area contributed by atoms with Crippen molar-refractivity contribution in [1.82, 2.24) is 9.38 Å². The number of aryl methyl sites for hydroxylation is 1. The fourth-order valence-corrected chi connectivity index (χ4v) is 1.77. The van der Waals surface area contributed by atoms with Gasteiger partial charge in [-0.15, -0.1) is 0 Å². The molecule has 1 N–H and O–H groups in total. The highest BCUT2D eigenvalue weighted by molar-refractivity contribution is 5.70. The van der Waals surface area contributed by atoms with Gasteiger partial charge in [0.1, 0.15) is 0 Å². The minimum absolute atomic E-state index is 0.248. The van der Waals surface area contributed by atoms with Crippen LogP contribution in [0.2, 0.25) is 0 Å². The van der Waals surface area contributed by atoms with Crippen LogP contribution in [0.1, 0.15) is 18.3 Å². The van der Waals surface area contributed by atoms with Crippen molar-refractivity contribution in [2.45, 2.75) is 20.3 Å². The smallest absolute Gasteiger partial charge is 0.306 e. The Kier molecular flexibility index (Phi) is 2.83. The molecule has 90 valence electrons. The molecule has 0 aromatic carbocycles. The number of hydrogen-bond donors (Lipinski definition) is 1. The van der Waals surface area contributed by atoms with E-state index in [2.05, 4.69) is 4.98 Å². The van der Waals surface area contributed by atoms with Crippen molar-refractivity contribution in [3.05, 3.63) is 35.5 Å². The first kappa shape index (κ1) is 11.6. The van der Waals surface area contributed by atoms with Crippen molar-refractivity contribution in [1.29, 1.82) is 0 Å². The fourth-order valence-electron chi connectivity index (χ4n) is 1.77. The quantitative estimate of drug-likeness (QED) is 0.887. The molecule has 1 unspecified atom stereocenters. The van der Waals surface area contributed by atoms with Crippen molar-refractivity contribution in [2.24, 2.45) is 5.92 Å². The molecule has 4 nitrogen and oxygen atoms in total. The van der Waals surface area contributed by atoms with Gasteiger partial charge in [0.15, 0.2) is 11.5 Å². The summed E-state index contributed by atoms with van der Waals surface area (Å²) >= 11 is 0. The van der Waals surface area contributed by atoms with Crippen LogP contribution in [0.15, 0.2) is 18.3 Å². The molecule has 0 bridgehead atoms. The standard InChI is InChI=1S/C12H13FN2O2/c1-7(12(16)17)6-10-8(2)15-5-3-4-9(13)11(15)14-10/h3-5,7H,6H2,1-2H3,(H,16,17). The van der Waals surface area contributed by atoms with Crippen LogP contribution in [0.4, 0.5) is 4.39 Å². The Balaban J connectivity index is 2.46. The van der Waals surface area contributed by atoms with Crippen molar-refractivity contribution in [2.75, 3.05) is 0 Å². The van der Waals surface area contributed by atoms with Gasteiger partial charge in [0.2, 0.25) is 0 Å². The van der Waals surface area contributed by atoms with Crippen LogP contribution in [0, 0.1) is 18.7 Å². The highest BCUT2D eigenvalue weighted by atomic mass is 19.1. The van der Waals surface area contributed by atoms with Gasteiger partial charge in [0.25, 0.3) is 0 Å². The van der Waals surface area contributed by atoms with Crippen molar-refractivity contribution >= 4 is 11.6 Å². The molecule has 2 aromatic rings. The number of fused-ring (bicyclic) bond motifs is 1. The predicted molar refractivity (Wildman–Crippen MR) is 60.4 cm³/mol. The lowest BCUT2D eigenvalue weighted by Gasteiger charge is -2.03. The van der Waals surface area contributed by atoms with Crippen LogP contribution in [0.3, 0.4) is 0 Å². The largest absolute Gasteiger partial charge is 0.481 e. The van der Waals surface area contributed by atoms with Gasteiger partial charge >= 0.3 is 5.97 Å². The summed E-state index contributed by atoms with van der Waals surface area (Å²) in [6.45, 7) is 3.42. The molecule has 0 radical (unpaired) electrons. The number of aromatic nitrogens is 2. The summed E-state index contributed by atoms with van der Waals surface area (Å²) < 4.78 is 15.1. The summed E-state index contributed by atoms with van der Waals surface area (Å²) in [5, 5.41) is 8.86. The lowest BCUT2D eigenvalue weighted by molar-refractivity contribution is -0.141. The van der Waals surface area contributed by atoms with E-state index in [-0.39, 0.29) is 5.65 Å². The first-order chi connectivity index (χ1) is 8.00. The molecule has 0 aliphatic rings. The molecule has 0 saturated heterocycles. The van der Waals surface area contributed by atoms with E-state index < -0.39 is 17.7 Å². The fraction of sp³-hybridized carbons (Fsp3) is 0.333. The molecular formula is C12H13FN2O2. The second-order valence-corrected chi connectivity index (χ2v) is 4.14. The van der Waals surface area contributed by atoms with Gasteiger partial charge in [-0.3, -0.25) is 4.79 Å². The highest BCUT2D eigenvalue weighted by Gasteiger charge is 2.17. The Bertz CT molecular complexity index is 577. The van der Waals surface area contributed by atoms with E-state index in [0.717, 1.165) is 5.69 Å². The Morgan fingerprint density at radius 2 is 2.35 bits per heavy atom. The van der Waals surface area contributed by atoms with Crippen molar-refractivity contribution < 1.29 is 14.3 Å². The van der Waals surface area contributed by atoms with Gasteiger partial charge in [0.05, 0.1) is 11.6 Å². The Morgan fingerprint density at radius 3 is 2.94 bits per heavy atom. The molecule has 17 heavy (non-hydrogen) atoms. The zero-order chi connectivity index (χ0) is 12.6. The van der Waals surface area contributed by atoms with Crippen LogP contribution in [0.5, 0.6) is 0 Å². The van der Waals surface area contributed by atoms with Gasteiger partial charge in [-0.25, -0.2) is 9.37 Å².